The van der Waals surface area contributed by atoms with Gasteiger partial charge in [-0.05, 0) is 54.8 Å². The van der Waals surface area contributed by atoms with Crippen molar-refractivity contribution in [3.8, 4) is 0 Å². The number of sulfonamides is 1. The molecule has 4 rings (SSSR count). The Morgan fingerprint density at radius 1 is 1.15 bits per heavy atom. The van der Waals surface area contributed by atoms with Crippen molar-refractivity contribution in [1.82, 2.24) is 9.29 Å². The van der Waals surface area contributed by atoms with Crippen molar-refractivity contribution < 1.29 is 8.42 Å². The molecule has 26 heavy (non-hydrogen) atoms. The Balaban J connectivity index is 1.63. The molecule has 4 nitrogen and oxygen atoms in total. The highest BCUT2D eigenvalue weighted by Gasteiger charge is 2.27. The molecule has 0 fully saturated rings. The van der Waals surface area contributed by atoms with Crippen molar-refractivity contribution in [2.75, 3.05) is 13.1 Å². The van der Waals surface area contributed by atoms with Crippen molar-refractivity contribution in [2.24, 2.45) is 0 Å². The lowest BCUT2D eigenvalue weighted by atomic mass is 10.00. The van der Waals surface area contributed by atoms with Gasteiger partial charge in [-0.15, -0.1) is 0 Å². The SMILES string of the molecule is Cc1cccc(S(=O)(=O)N2CC=C(c3c[nH]c4ccc(Cl)cc34)CC2)c1. The lowest BCUT2D eigenvalue weighted by molar-refractivity contribution is 0.441. The van der Waals surface area contributed by atoms with Gasteiger partial charge in [0, 0.05) is 40.8 Å². The summed E-state index contributed by atoms with van der Waals surface area (Å²) in [5.74, 6) is 0. The lowest BCUT2D eigenvalue weighted by Crippen LogP contribution is -2.34. The van der Waals surface area contributed by atoms with E-state index in [2.05, 4.69) is 4.98 Å². The van der Waals surface area contributed by atoms with E-state index < -0.39 is 10.0 Å². The van der Waals surface area contributed by atoms with E-state index >= 15 is 0 Å². The number of fused-ring (bicyclic) bond motifs is 1. The van der Waals surface area contributed by atoms with Gasteiger partial charge in [-0.2, -0.15) is 4.31 Å². The number of H-pyrrole nitrogens is 1. The molecule has 0 bridgehead atoms. The van der Waals surface area contributed by atoms with Gasteiger partial charge in [0.1, 0.15) is 0 Å². The topological polar surface area (TPSA) is 53.2 Å². The summed E-state index contributed by atoms with van der Waals surface area (Å²) in [6, 6.07) is 12.8. The van der Waals surface area contributed by atoms with Gasteiger partial charge in [-0.25, -0.2) is 8.42 Å². The largest absolute Gasteiger partial charge is 0.361 e. The number of rotatable bonds is 3. The maximum Gasteiger partial charge on any atom is 0.243 e. The minimum absolute atomic E-state index is 0.355. The molecule has 2 heterocycles. The summed E-state index contributed by atoms with van der Waals surface area (Å²) in [4.78, 5) is 3.61. The average Bonchev–Trinajstić information content (AvgIpc) is 3.05. The number of aromatic amines is 1. The van der Waals surface area contributed by atoms with E-state index in [9.17, 15) is 8.42 Å². The second-order valence-corrected chi connectivity index (χ2v) is 8.93. The Morgan fingerprint density at radius 2 is 2.00 bits per heavy atom. The molecule has 0 saturated carbocycles. The molecule has 0 radical (unpaired) electrons. The first-order valence-electron chi connectivity index (χ1n) is 8.48. The number of aromatic nitrogens is 1. The van der Waals surface area contributed by atoms with Crippen LogP contribution in [0.2, 0.25) is 5.02 Å². The van der Waals surface area contributed by atoms with Crippen LogP contribution in [0.5, 0.6) is 0 Å². The number of halogens is 1. The van der Waals surface area contributed by atoms with E-state index in [0.717, 1.165) is 27.6 Å². The molecular weight excluding hydrogens is 368 g/mol. The fourth-order valence-electron chi connectivity index (χ4n) is 3.40. The van der Waals surface area contributed by atoms with Crippen LogP contribution in [0.15, 0.2) is 59.6 Å². The highest BCUT2D eigenvalue weighted by Crippen LogP contribution is 2.32. The van der Waals surface area contributed by atoms with Crippen molar-refractivity contribution >= 4 is 38.1 Å². The van der Waals surface area contributed by atoms with Crippen molar-refractivity contribution in [1.29, 1.82) is 0 Å². The smallest absolute Gasteiger partial charge is 0.243 e. The van der Waals surface area contributed by atoms with Crippen LogP contribution in [-0.2, 0) is 10.0 Å². The Bertz CT molecular complexity index is 1120. The van der Waals surface area contributed by atoms with Crippen LogP contribution in [0.4, 0.5) is 0 Å². The summed E-state index contributed by atoms with van der Waals surface area (Å²) in [6.07, 6.45) is 4.64. The third-order valence-corrected chi connectivity index (χ3v) is 6.89. The number of hydrogen-bond acceptors (Lipinski definition) is 2. The summed E-state index contributed by atoms with van der Waals surface area (Å²) < 4.78 is 27.3. The summed E-state index contributed by atoms with van der Waals surface area (Å²) >= 11 is 6.13. The molecule has 0 amide bonds. The highest BCUT2D eigenvalue weighted by atomic mass is 35.5. The van der Waals surface area contributed by atoms with E-state index in [0.29, 0.717) is 29.4 Å². The minimum atomic E-state index is -3.47. The summed E-state index contributed by atoms with van der Waals surface area (Å²) in [5.41, 5.74) is 4.21. The molecule has 1 aromatic heterocycles. The fourth-order valence-corrected chi connectivity index (χ4v) is 5.05. The number of nitrogens with zero attached hydrogens (tertiary/aromatic N) is 1. The third kappa shape index (κ3) is 3.07. The Morgan fingerprint density at radius 3 is 2.73 bits per heavy atom. The average molecular weight is 387 g/mol. The molecule has 2 aromatic carbocycles. The monoisotopic (exact) mass is 386 g/mol. The van der Waals surface area contributed by atoms with Crippen LogP contribution in [0.3, 0.4) is 0 Å². The van der Waals surface area contributed by atoms with Crippen LogP contribution >= 0.6 is 11.6 Å². The molecule has 1 aliphatic rings. The maximum absolute atomic E-state index is 12.9. The maximum atomic E-state index is 12.9. The van der Waals surface area contributed by atoms with Gasteiger partial charge in [0.2, 0.25) is 10.0 Å². The van der Waals surface area contributed by atoms with E-state index in [1.54, 1.807) is 18.2 Å². The van der Waals surface area contributed by atoms with Gasteiger partial charge in [-0.1, -0.05) is 29.8 Å². The van der Waals surface area contributed by atoms with Crippen LogP contribution in [0.25, 0.3) is 16.5 Å². The fraction of sp³-hybridized carbons (Fsp3) is 0.200. The van der Waals surface area contributed by atoms with E-state index in [4.69, 9.17) is 11.6 Å². The number of nitrogens with one attached hydrogen (secondary N) is 1. The second kappa shape index (κ2) is 6.58. The van der Waals surface area contributed by atoms with E-state index in [-0.39, 0.29) is 0 Å². The van der Waals surface area contributed by atoms with Crippen LogP contribution in [0, 0.1) is 6.92 Å². The first kappa shape index (κ1) is 17.3. The van der Waals surface area contributed by atoms with Gasteiger partial charge in [0.15, 0.2) is 0 Å². The Labute approximate surface area is 158 Å². The summed E-state index contributed by atoms with van der Waals surface area (Å²) in [7, 11) is -3.47. The molecule has 3 aromatic rings. The molecule has 0 aliphatic carbocycles. The van der Waals surface area contributed by atoms with Crippen molar-refractivity contribution in [3.05, 3.63) is 70.9 Å². The molecule has 1 N–H and O–H groups in total. The molecule has 0 spiro atoms. The Kier molecular flexibility index (Phi) is 4.39. The number of benzene rings is 2. The predicted octanol–water partition coefficient (Wildman–Crippen LogP) is 4.61. The van der Waals surface area contributed by atoms with Crippen LogP contribution in [0.1, 0.15) is 17.5 Å². The highest BCUT2D eigenvalue weighted by molar-refractivity contribution is 7.89. The molecule has 1 aliphatic heterocycles. The zero-order valence-electron chi connectivity index (χ0n) is 14.4. The van der Waals surface area contributed by atoms with Crippen LogP contribution < -0.4 is 0 Å². The lowest BCUT2D eigenvalue weighted by Gasteiger charge is -2.26. The quantitative estimate of drug-likeness (QED) is 0.714. The zero-order valence-corrected chi connectivity index (χ0v) is 15.9. The zero-order chi connectivity index (χ0) is 18.3. The normalized spacial score (nSPS) is 16.0. The van der Waals surface area contributed by atoms with Gasteiger partial charge in [-0.3, -0.25) is 0 Å². The van der Waals surface area contributed by atoms with Gasteiger partial charge in [0.05, 0.1) is 4.90 Å². The van der Waals surface area contributed by atoms with E-state index in [1.165, 1.54) is 4.31 Å². The molecular formula is C20H19ClN2O2S. The predicted molar refractivity (Wildman–Crippen MR) is 106 cm³/mol. The third-order valence-electron chi connectivity index (χ3n) is 4.79. The first-order valence-corrected chi connectivity index (χ1v) is 10.3. The molecule has 0 unspecified atom stereocenters. The Hall–Kier alpha value is -2.08. The van der Waals surface area contributed by atoms with E-state index in [1.807, 2.05) is 43.5 Å². The standard InChI is InChI=1S/C20H19ClN2O2S/c1-14-3-2-4-17(11-14)26(24,25)23-9-7-15(8-10-23)19-13-22-20-6-5-16(21)12-18(19)20/h2-7,11-13,22H,8-10H2,1H3. The van der Waals surface area contributed by atoms with Gasteiger partial charge >= 0.3 is 0 Å². The first-order chi connectivity index (χ1) is 12.4. The molecule has 134 valence electrons. The van der Waals surface area contributed by atoms with Crippen LogP contribution in [-0.4, -0.2) is 30.8 Å². The minimum Gasteiger partial charge on any atom is -0.361 e. The van der Waals surface area contributed by atoms with Gasteiger partial charge in [0.25, 0.3) is 0 Å². The van der Waals surface area contributed by atoms with Crippen molar-refractivity contribution in [3.63, 3.8) is 0 Å². The molecule has 6 heteroatoms. The molecule has 0 saturated heterocycles. The second-order valence-electron chi connectivity index (χ2n) is 6.55. The van der Waals surface area contributed by atoms with Gasteiger partial charge < -0.3 is 4.98 Å². The number of aryl methyl sites for hydroxylation is 1. The summed E-state index contributed by atoms with van der Waals surface area (Å²) in [5, 5.41) is 1.76. The summed E-state index contributed by atoms with van der Waals surface area (Å²) in [6.45, 7) is 2.74. The molecule has 0 atom stereocenters. The number of hydrogen-bond donors (Lipinski definition) is 1. The van der Waals surface area contributed by atoms with Crippen molar-refractivity contribution in [2.45, 2.75) is 18.2 Å².